The molecule has 0 spiro atoms. The zero-order valence-electron chi connectivity index (χ0n) is 13.3. The lowest BCUT2D eigenvalue weighted by molar-refractivity contribution is 0.159. The molecule has 0 fully saturated rings. The van der Waals surface area contributed by atoms with Crippen molar-refractivity contribution in [2.75, 3.05) is 19.0 Å². The minimum atomic E-state index is -0.401. The van der Waals surface area contributed by atoms with E-state index >= 15 is 0 Å². The molecule has 0 saturated heterocycles. The molecule has 0 saturated carbocycles. The molecule has 23 heavy (non-hydrogen) atoms. The number of nitrogens with one attached hydrogen (secondary N) is 1. The molecule has 0 aliphatic rings. The van der Waals surface area contributed by atoms with Gasteiger partial charge < -0.3 is 15.3 Å². The van der Waals surface area contributed by atoms with Crippen LogP contribution in [-0.2, 0) is 6.42 Å². The molecule has 2 N–H and O–H groups in total. The second kappa shape index (κ2) is 8.13. The summed E-state index contributed by atoms with van der Waals surface area (Å²) in [4.78, 5) is 14.0. The van der Waals surface area contributed by atoms with Crippen LogP contribution in [-0.4, -0.2) is 29.7 Å². The molecule has 122 valence electrons. The second-order valence-corrected chi connectivity index (χ2v) is 6.26. The Kier molecular flexibility index (Phi) is 6.19. The predicted molar refractivity (Wildman–Crippen MR) is 96.6 cm³/mol. The van der Waals surface area contributed by atoms with E-state index in [4.69, 9.17) is 0 Å². The Bertz CT molecular complexity index is 676. The van der Waals surface area contributed by atoms with E-state index in [1.165, 1.54) is 4.90 Å². The molecule has 0 bridgehead atoms. The fraction of sp³-hybridized carbons (Fsp3) is 0.278. The maximum absolute atomic E-state index is 12.5. The van der Waals surface area contributed by atoms with Crippen LogP contribution < -0.4 is 5.32 Å². The first-order chi connectivity index (χ1) is 11.0. The van der Waals surface area contributed by atoms with Gasteiger partial charge in [0.25, 0.3) is 0 Å². The van der Waals surface area contributed by atoms with E-state index < -0.39 is 6.04 Å². The summed E-state index contributed by atoms with van der Waals surface area (Å²) >= 11 is 3.41. The number of aryl methyl sites for hydroxylation is 1. The second-order valence-electron chi connectivity index (χ2n) is 5.35. The van der Waals surface area contributed by atoms with Gasteiger partial charge in [0.1, 0.15) is 0 Å². The number of aliphatic hydroxyl groups excluding tert-OH is 1. The molecule has 0 aliphatic carbocycles. The third-order valence-electron chi connectivity index (χ3n) is 3.78. The summed E-state index contributed by atoms with van der Waals surface area (Å²) in [6.07, 6.45) is 0.914. The summed E-state index contributed by atoms with van der Waals surface area (Å²) in [6, 6.07) is 14.7. The number of benzene rings is 2. The third-order valence-corrected chi connectivity index (χ3v) is 4.27. The van der Waals surface area contributed by atoms with Crippen molar-refractivity contribution in [3.8, 4) is 0 Å². The number of nitrogens with zero attached hydrogens (tertiary/aromatic N) is 1. The van der Waals surface area contributed by atoms with Crippen LogP contribution in [0.15, 0.2) is 53.0 Å². The van der Waals surface area contributed by atoms with Crippen molar-refractivity contribution >= 4 is 27.6 Å². The van der Waals surface area contributed by atoms with E-state index in [0.717, 1.165) is 27.7 Å². The number of likely N-dealkylation sites (N-methyl/N-ethyl adjacent to an activating group) is 1. The average Bonchev–Trinajstić information content (AvgIpc) is 2.55. The van der Waals surface area contributed by atoms with Crippen molar-refractivity contribution < 1.29 is 9.90 Å². The van der Waals surface area contributed by atoms with Gasteiger partial charge in [-0.2, -0.15) is 0 Å². The highest BCUT2D eigenvalue weighted by Gasteiger charge is 2.21. The van der Waals surface area contributed by atoms with E-state index in [0.29, 0.717) is 0 Å². The Balaban J connectivity index is 2.13. The van der Waals surface area contributed by atoms with Crippen LogP contribution in [0.1, 0.15) is 24.1 Å². The van der Waals surface area contributed by atoms with Crippen LogP contribution in [0.3, 0.4) is 0 Å². The molecule has 2 aromatic rings. The topological polar surface area (TPSA) is 52.6 Å². The molecule has 1 atom stereocenters. The molecule has 0 radical (unpaired) electrons. The molecule has 5 heteroatoms. The highest BCUT2D eigenvalue weighted by molar-refractivity contribution is 9.10. The Morgan fingerprint density at radius 1 is 1.26 bits per heavy atom. The van der Waals surface area contributed by atoms with Crippen LogP contribution in [0.25, 0.3) is 0 Å². The molecule has 2 aromatic carbocycles. The van der Waals surface area contributed by atoms with Gasteiger partial charge >= 0.3 is 6.03 Å². The van der Waals surface area contributed by atoms with E-state index in [9.17, 15) is 9.90 Å². The number of anilines is 1. The van der Waals surface area contributed by atoms with Crippen molar-refractivity contribution in [3.63, 3.8) is 0 Å². The number of aliphatic hydroxyl groups is 1. The Morgan fingerprint density at radius 3 is 2.65 bits per heavy atom. The van der Waals surface area contributed by atoms with Gasteiger partial charge in [-0.1, -0.05) is 47.1 Å². The fourth-order valence-corrected chi connectivity index (χ4v) is 2.80. The first kappa shape index (κ1) is 17.5. The number of carbonyl (C=O) groups excluding carboxylic acids is 1. The molecular formula is C18H21BrN2O2. The average molecular weight is 377 g/mol. The van der Waals surface area contributed by atoms with Crippen molar-refractivity contribution in [2.45, 2.75) is 19.4 Å². The first-order valence-electron chi connectivity index (χ1n) is 7.54. The number of hydrogen-bond acceptors (Lipinski definition) is 2. The number of urea groups is 1. The smallest absolute Gasteiger partial charge is 0.322 e. The summed E-state index contributed by atoms with van der Waals surface area (Å²) in [6.45, 7) is 1.93. The van der Waals surface area contributed by atoms with Crippen LogP contribution in [0.4, 0.5) is 10.5 Å². The van der Waals surface area contributed by atoms with Crippen molar-refractivity contribution in [1.82, 2.24) is 4.90 Å². The van der Waals surface area contributed by atoms with Crippen molar-refractivity contribution in [2.24, 2.45) is 0 Å². The van der Waals surface area contributed by atoms with Gasteiger partial charge in [-0.3, -0.25) is 0 Å². The molecule has 0 aliphatic heterocycles. The van der Waals surface area contributed by atoms with Crippen LogP contribution in [0.2, 0.25) is 0 Å². The molecule has 0 aromatic heterocycles. The number of hydrogen-bond donors (Lipinski definition) is 2. The van der Waals surface area contributed by atoms with Gasteiger partial charge in [0, 0.05) is 17.2 Å². The number of halogens is 1. The molecule has 4 nitrogen and oxygen atoms in total. The molecule has 2 amide bonds. The van der Waals surface area contributed by atoms with E-state index in [2.05, 4.69) is 28.2 Å². The molecular weight excluding hydrogens is 356 g/mol. The summed E-state index contributed by atoms with van der Waals surface area (Å²) in [5.74, 6) is 0. The van der Waals surface area contributed by atoms with Crippen molar-refractivity contribution in [3.05, 3.63) is 64.1 Å². The van der Waals surface area contributed by atoms with E-state index in [-0.39, 0.29) is 12.6 Å². The third kappa shape index (κ3) is 4.56. The number of amides is 2. The molecule has 2 rings (SSSR count). The summed E-state index contributed by atoms with van der Waals surface area (Å²) in [5, 5.41) is 12.6. The normalized spacial score (nSPS) is 11.8. The van der Waals surface area contributed by atoms with Gasteiger partial charge in [-0.25, -0.2) is 4.79 Å². The van der Waals surface area contributed by atoms with E-state index in [1.54, 1.807) is 7.05 Å². The van der Waals surface area contributed by atoms with E-state index in [1.807, 2.05) is 48.5 Å². The van der Waals surface area contributed by atoms with Crippen molar-refractivity contribution in [1.29, 1.82) is 0 Å². The fourth-order valence-electron chi connectivity index (χ4n) is 2.39. The lowest BCUT2D eigenvalue weighted by Crippen LogP contribution is -2.36. The van der Waals surface area contributed by atoms with Crippen LogP contribution in [0, 0.1) is 0 Å². The zero-order chi connectivity index (χ0) is 16.8. The largest absolute Gasteiger partial charge is 0.394 e. The van der Waals surface area contributed by atoms with Gasteiger partial charge in [0.2, 0.25) is 0 Å². The lowest BCUT2D eigenvalue weighted by atomic mass is 10.1. The quantitative estimate of drug-likeness (QED) is 0.820. The summed E-state index contributed by atoms with van der Waals surface area (Å²) < 4.78 is 0.915. The van der Waals surface area contributed by atoms with Gasteiger partial charge in [0.15, 0.2) is 0 Å². The Morgan fingerprint density at radius 2 is 2.00 bits per heavy atom. The standard InChI is InChI=1S/C18H21BrN2O2/c1-3-13-6-4-9-16(10-13)20-18(23)21(2)17(12-22)14-7-5-8-15(19)11-14/h4-11,17,22H,3,12H2,1-2H3,(H,20,23). The molecule has 1 unspecified atom stereocenters. The SMILES string of the molecule is CCc1cccc(NC(=O)N(C)C(CO)c2cccc(Br)c2)c1. The maximum atomic E-state index is 12.5. The maximum Gasteiger partial charge on any atom is 0.322 e. The highest BCUT2D eigenvalue weighted by Crippen LogP contribution is 2.23. The highest BCUT2D eigenvalue weighted by atomic mass is 79.9. The number of rotatable bonds is 5. The summed E-state index contributed by atoms with van der Waals surface area (Å²) in [5.41, 5.74) is 2.80. The van der Waals surface area contributed by atoms with Gasteiger partial charge in [-0.05, 0) is 41.8 Å². The summed E-state index contributed by atoms with van der Waals surface area (Å²) in [7, 11) is 1.68. The molecule has 0 heterocycles. The minimum Gasteiger partial charge on any atom is -0.394 e. The minimum absolute atomic E-state index is 0.143. The monoisotopic (exact) mass is 376 g/mol. The Labute approximate surface area is 145 Å². The lowest BCUT2D eigenvalue weighted by Gasteiger charge is -2.27. The Hall–Kier alpha value is -1.85. The first-order valence-corrected chi connectivity index (χ1v) is 8.33. The van der Waals surface area contributed by atoms with Crippen LogP contribution >= 0.6 is 15.9 Å². The number of carbonyl (C=O) groups is 1. The van der Waals surface area contributed by atoms with Gasteiger partial charge in [0.05, 0.1) is 12.6 Å². The zero-order valence-corrected chi connectivity index (χ0v) is 14.9. The van der Waals surface area contributed by atoms with Crippen LogP contribution in [0.5, 0.6) is 0 Å². The predicted octanol–water partition coefficient (Wildman–Crippen LogP) is 4.21. The van der Waals surface area contributed by atoms with Gasteiger partial charge in [-0.15, -0.1) is 0 Å².